The van der Waals surface area contributed by atoms with Crippen molar-refractivity contribution in [3.05, 3.63) is 0 Å². The highest BCUT2D eigenvalue weighted by Crippen LogP contribution is 2.35. The van der Waals surface area contributed by atoms with Gasteiger partial charge in [-0.25, -0.2) is 0 Å². The second-order valence-corrected chi connectivity index (χ2v) is 2.90. The summed E-state index contributed by atoms with van der Waals surface area (Å²) in [6, 6.07) is 0. The number of fused-ring (bicyclic) bond motifs is 2. The highest BCUT2D eigenvalue weighted by Gasteiger charge is 2.42. The molecule has 2 aliphatic heterocycles. The summed E-state index contributed by atoms with van der Waals surface area (Å²) in [4.78, 5) is 0. The zero-order valence-electron chi connectivity index (χ0n) is 4.80. The molecule has 0 aromatic heterocycles. The van der Waals surface area contributed by atoms with Gasteiger partial charge in [0.2, 0.25) is 0 Å². The van der Waals surface area contributed by atoms with Crippen molar-refractivity contribution in [1.82, 2.24) is 5.32 Å². The van der Waals surface area contributed by atoms with Crippen molar-refractivity contribution in [3.8, 4) is 0 Å². The molecule has 0 aromatic carbocycles. The second kappa shape index (κ2) is 1.45. The lowest BCUT2D eigenvalue weighted by Gasteiger charge is -2.46. The van der Waals surface area contributed by atoms with Crippen LogP contribution in [0.1, 0.15) is 6.42 Å². The van der Waals surface area contributed by atoms with Gasteiger partial charge in [-0.3, -0.25) is 0 Å². The molecule has 3 aliphatic rings. The van der Waals surface area contributed by atoms with Crippen LogP contribution < -0.4 is 5.32 Å². The smallest absolute Gasteiger partial charge is 0.0621 e. The van der Waals surface area contributed by atoms with Crippen LogP contribution in [-0.2, 0) is 0 Å². The first-order valence-corrected chi connectivity index (χ1v) is 3.26. The van der Waals surface area contributed by atoms with Gasteiger partial charge in [-0.2, -0.15) is 0 Å². The van der Waals surface area contributed by atoms with E-state index in [2.05, 4.69) is 5.32 Å². The molecule has 46 valence electrons. The number of nitrogens with one attached hydrogen (secondary N) is 1. The molecule has 0 spiro atoms. The number of hydrogen-bond donors (Lipinski definition) is 2. The third kappa shape index (κ3) is 0.446. The Hall–Kier alpha value is -0.0800. The Bertz CT molecular complexity index is 90.7. The molecule has 0 aromatic rings. The van der Waals surface area contributed by atoms with Gasteiger partial charge in [-0.15, -0.1) is 0 Å². The standard InChI is InChI=1S/C6H11NO/c8-6-4-1-5(6)3-7-2-4/h4-8H,1-3H2/t4-,5+,6?. The van der Waals surface area contributed by atoms with E-state index in [1.807, 2.05) is 0 Å². The van der Waals surface area contributed by atoms with Crippen molar-refractivity contribution in [1.29, 1.82) is 0 Å². The molecule has 2 nitrogen and oxygen atoms in total. The molecule has 1 aliphatic carbocycles. The minimum Gasteiger partial charge on any atom is -0.392 e. The van der Waals surface area contributed by atoms with Gasteiger partial charge in [-0.1, -0.05) is 0 Å². The Labute approximate surface area is 48.9 Å². The molecule has 1 saturated carbocycles. The number of aliphatic hydroxyl groups excluding tert-OH is 1. The summed E-state index contributed by atoms with van der Waals surface area (Å²) >= 11 is 0. The summed E-state index contributed by atoms with van der Waals surface area (Å²) in [5.74, 6) is 1.18. The number of rotatable bonds is 0. The lowest BCUT2D eigenvalue weighted by molar-refractivity contribution is -0.0630. The minimum absolute atomic E-state index is 0.0382. The van der Waals surface area contributed by atoms with Gasteiger partial charge in [-0.05, 0) is 18.3 Å². The van der Waals surface area contributed by atoms with Gasteiger partial charge < -0.3 is 10.4 Å². The predicted molar refractivity (Wildman–Crippen MR) is 30.5 cm³/mol. The van der Waals surface area contributed by atoms with Gasteiger partial charge in [0.25, 0.3) is 0 Å². The summed E-state index contributed by atoms with van der Waals surface area (Å²) in [5, 5.41) is 12.4. The summed E-state index contributed by atoms with van der Waals surface area (Å²) in [6.45, 7) is 2.08. The molecule has 8 heavy (non-hydrogen) atoms. The van der Waals surface area contributed by atoms with Gasteiger partial charge in [0, 0.05) is 13.1 Å². The summed E-state index contributed by atoms with van der Waals surface area (Å²) in [6.07, 6.45) is 1.30. The van der Waals surface area contributed by atoms with Crippen LogP contribution in [0.3, 0.4) is 0 Å². The first-order valence-electron chi connectivity index (χ1n) is 3.26. The Morgan fingerprint density at radius 2 is 1.88 bits per heavy atom. The van der Waals surface area contributed by atoms with E-state index in [0.29, 0.717) is 11.8 Å². The molecule has 3 atom stereocenters. The van der Waals surface area contributed by atoms with E-state index in [0.717, 1.165) is 13.1 Å². The largest absolute Gasteiger partial charge is 0.392 e. The Morgan fingerprint density at radius 1 is 1.25 bits per heavy atom. The monoisotopic (exact) mass is 113 g/mol. The van der Waals surface area contributed by atoms with E-state index in [-0.39, 0.29) is 6.10 Å². The topological polar surface area (TPSA) is 32.3 Å². The minimum atomic E-state index is 0.0382. The van der Waals surface area contributed by atoms with Crippen molar-refractivity contribution in [2.45, 2.75) is 12.5 Å². The van der Waals surface area contributed by atoms with Crippen LogP contribution in [0.2, 0.25) is 0 Å². The van der Waals surface area contributed by atoms with Crippen LogP contribution in [-0.4, -0.2) is 24.3 Å². The molecular weight excluding hydrogens is 102 g/mol. The molecular formula is C6H11NO. The molecule has 0 amide bonds. The van der Waals surface area contributed by atoms with Gasteiger partial charge in [0.15, 0.2) is 0 Å². The van der Waals surface area contributed by atoms with E-state index in [4.69, 9.17) is 0 Å². The highest BCUT2D eigenvalue weighted by molar-refractivity contribution is 4.95. The van der Waals surface area contributed by atoms with Crippen molar-refractivity contribution in [2.75, 3.05) is 13.1 Å². The average molecular weight is 113 g/mol. The van der Waals surface area contributed by atoms with Crippen LogP contribution in [0, 0.1) is 11.8 Å². The summed E-state index contributed by atoms with van der Waals surface area (Å²) in [7, 11) is 0. The molecule has 1 unspecified atom stereocenters. The Kier molecular flexibility index (Phi) is 0.866. The zero-order chi connectivity index (χ0) is 5.56. The van der Waals surface area contributed by atoms with E-state index in [1.54, 1.807) is 0 Å². The third-order valence-electron chi connectivity index (χ3n) is 2.38. The van der Waals surface area contributed by atoms with Gasteiger partial charge in [0.05, 0.1) is 6.10 Å². The van der Waals surface area contributed by atoms with E-state index < -0.39 is 0 Å². The fourth-order valence-corrected chi connectivity index (χ4v) is 1.72. The molecule has 2 bridgehead atoms. The average Bonchev–Trinajstić information content (AvgIpc) is 1.89. The first-order chi connectivity index (χ1) is 3.88. The normalized spacial score (nSPS) is 52.9. The molecule has 3 rings (SSSR count). The van der Waals surface area contributed by atoms with Gasteiger partial charge in [0.1, 0.15) is 0 Å². The lowest BCUT2D eigenvalue weighted by atomic mass is 9.69. The van der Waals surface area contributed by atoms with E-state index in [1.165, 1.54) is 6.42 Å². The van der Waals surface area contributed by atoms with Crippen LogP contribution >= 0.6 is 0 Å². The maximum atomic E-state index is 9.19. The quantitative estimate of drug-likeness (QED) is 0.447. The first kappa shape index (κ1) is 4.77. The molecule has 2 saturated heterocycles. The van der Waals surface area contributed by atoms with Crippen molar-refractivity contribution >= 4 is 0 Å². The van der Waals surface area contributed by atoms with Crippen LogP contribution in [0.4, 0.5) is 0 Å². The molecule has 2 N–H and O–H groups in total. The lowest BCUT2D eigenvalue weighted by Crippen LogP contribution is -2.56. The van der Waals surface area contributed by atoms with E-state index >= 15 is 0 Å². The molecule has 2 heterocycles. The molecule has 3 fully saturated rings. The fraction of sp³-hybridized carbons (Fsp3) is 1.00. The van der Waals surface area contributed by atoms with Crippen LogP contribution in [0.5, 0.6) is 0 Å². The van der Waals surface area contributed by atoms with Crippen molar-refractivity contribution in [3.63, 3.8) is 0 Å². The zero-order valence-corrected chi connectivity index (χ0v) is 4.80. The maximum absolute atomic E-state index is 9.19. The Morgan fingerprint density at radius 3 is 2.12 bits per heavy atom. The van der Waals surface area contributed by atoms with E-state index in [9.17, 15) is 5.11 Å². The second-order valence-electron chi connectivity index (χ2n) is 2.90. The number of aliphatic hydroxyl groups is 1. The van der Waals surface area contributed by atoms with Crippen molar-refractivity contribution < 1.29 is 5.11 Å². The highest BCUT2D eigenvalue weighted by atomic mass is 16.3. The third-order valence-corrected chi connectivity index (χ3v) is 2.38. The molecule has 0 radical (unpaired) electrons. The Balaban J connectivity index is 2.03. The van der Waals surface area contributed by atoms with Crippen molar-refractivity contribution in [2.24, 2.45) is 11.8 Å². The van der Waals surface area contributed by atoms with Crippen LogP contribution in [0.15, 0.2) is 0 Å². The maximum Gasteiger partial charge on any atom is 0.0621 e. The summed E-state index contributed by atoms with van der Waals surface area (Å²) < 4.78 is 0. The fourth-order valence-electron chi connectivity index (χ4n) is 1.72. The predicted octanol–water partition coefficient (Wildman–Crippen LogP) is -0.413. The number of hydrogen-bond acceptors (Lipinski definition) is 2. The SMILES string of the molecule is OC1[C@@H]2CNC[C@H]1C2. The number of piperidine rings is 2. The van der Waals surface area contributed by atoms with Gasteiger partial charge >= 0.3 is 0 Å². The molecule has 2 heteroatoms. The van der Waals surface area contributed by atoms with Crippen LogP contribution in [0.25, 0.3) is 0 Å². The summed E-state index contributed by atoms with van der Waals surface area (Å²) in [5.41, 5.74) is 0.